The number of aromatic nitrogens is 1. The van der Waals surface area contributed by atoms with Crippen LogP contribution < -0.4 is 10.2 Å². The average Bonchev–Trinajstić information content (AvgIpc) is 3.21. The number of aryl methyl sites for hydroxylation is 1. The third-order valence-electron chi connectivity index (χ3n) is 5.91. The third-order valence-corrected chi connectivity index (χ3v) is 6.88. The topological polar surface area (TPSA) is 48.5 Å². The lowest BCUT2D eigenvalue weighted by Gasteiger charge is -2.43. The van der Waals surface area contributed by atoms with Crippen molar-refractivity contribution in [1.29, 1.82) is 0 Å². The molecule has 3 heterocycles. The molecule has 0 aromatic carbocycles. The molecule has 1 aromatic rings. The normalized spacial score (nSPS) is 31.3. The van der Waals surface area contributed by atoms with Crippen LogP contribution in [-0.2, 0) is 4.79 Å². The van der Waals surface area contributed by atoms with Crippen molar-refractivity contribution in [2.75, 3.05) is 44.2 Å². The molecule has 1 saturated carbocycles. The van der Waals surface area contributed by atoms with Crippen LogP contribution in [0.15, 0.2) is 6.20 Å². The van der Waals surface area contributed by atoms with Gasteiger partial charge < -0.3 is 15.1 Å². The summed E-state index contributed by atoms with van der Waals surface area (Å²) in [5, 5.41) is 4.60. The second-order valence-electron chi connectivity index (χ2n) is 7.26. The minimum atomic E-state index is -0.0990. The quantitative estimate of drug-likeness (QED) is 0.897. The molecule has 1 aliphatic carbocycles. The number of fused-ring (bicyclic) bond motifs is 1. The van der Waals surface area contributed by atoms with E-state index < -0.39 is 0 Å². The molecule has 126 valence electrons. The molecule has 0 radical (unpaired) electrons. The van der Waals surface area contributed by atoms with Crippen LogP contribution in [0, 0.1) is 18.3 Å². The van der Waals surface area contributed by atoms with Crippen molar-refractivity contribution < 1.29 is 4.79 Å². The van der Waals surface area contributed by atoms with Gasteiger partial charge in [0.2, 0.25) is 5.91 Å². The van der Waals surface area contributed by atoms with Crippen molar-refractivity contribution in [3.8, 4) is 0 Å². The monoisotopic (exact) mass is 334 g/mol. The van der Waals surface area contributed by atoms with Gasteiger partial charge in [0.05, 0.1) is 5.41 Å². The Hall–Kier alpha value is -1.14. The van der Waals surface area contributed by atoms with E-state index in [0.717, 1.165) is 50.8 Å². The Morgan fingerprint density at radius 1 is 1.35 bits per heavy atom. The number of nitrogens with one attached hydrogen (secondary N) is 1. The van der Waals surface area contributed by atoms with Crippen molar-refractivity contribution in [1.82, 2.24) is 15.2 Å². The molecule has 0 unspecified atom stereocenters. The second-order valence-corrected chi connectivity index (χ2v) is 8.48. The van der Waals surface area contributed by atoms with E-state index in [1.54, 1.807) is 11.3 Å². The van der Waals surface area contributed by atoms with Gasteiger partial charge in [0.1, 0.15) is 0 Å². The lowest BCUT2D eigenvalue weighted by Crippen LogP contribution is -2.56. The second kappa shape index (κ2) is 6.06. The Morgan fingerprint density at radius 2 is 2.17 bits per heavy atom. The summed E-state index contributed by atoms with van der Waals surface area (Å²) in [7, 11) is 0. The molecular formula is C17H26N4OS. The van der Waals surface area contributed by atoms with Crippen molar-refractivity contribution >= 4 is 22.4 Å². The minimum Gasteiger partial charge on any atom is -0.345 e. The predicted octanol–water partition coefficient (Wildman–Crippen LogP) is 1.88. The maximum absolute atomic E-state index is 13.3. The summed E-state index contributed by atoms with van der Waals surface area (Å²) in [5.41, 5.74) is -0.0990. The molecule has 6 heteroatoms. The maximum atomic E-state index is 13.3. The van der Waals surface area contributed by atoms with Crippen LogP contribution >= 0.6 is 11.3 Å². The van der Waals surface area contributed by atoms with Crippen LogP contribution in [0.4, 0.5) is 5.13 Å². The summed E-state index contributed by atoms with van der Waals surface area (Å²) in [6.45, 7) is 7.51. The van der Waals surface area contributed by atoms with Gasteiger partial charge in [-0.3, -0.25) is 4.79 Å². The zero-order valence-corrected chi connectivity index (χ0v) is 14.7. The third kappa shape index (κ3) is 2.66. The lowest BCUT2D eigenvalue weighted by atomic mass is 9.67. The number of carbonyl (C=O) groups excluding carboxylic acids is 1. The zero-order chi connectivity index (χ0) is 15.9. The highest BCUT2D eigenvalue weighted by atomic mass is 32.1. The predicted molar refractivity (Wildman–Crippen MR) is 92.9 cm³/mol. The Balaban J connectivity index is 1.42. The van der Waals surface area contributed by atoms with E-state index in [2.05, 4.69) is 27.0 Å². The molecule has 2 aliphatic heterocycles. The SMILES string of the molecule is Cc1cnc(N2CCN(C(=O)[C@@]34CCCC[C@H]3CNC4)CC2)s1. The molecule has 23 heavy (non-hydrogen) atoms. The van der Waals surface area contributed by atoms with E-state index in [-0.39, 0.29) is 5.41 Å². The number of piperazine rings is 1. The first-order chi connectivity index (χ1) is 11.2. The van der Waals surface area contributed by atoms with Crippen molar-refractivity contribution in [2.45, 2.75) is 32.6 Å². The molecule has 2 atom stereocenters. The van der Waals surface area contributed by atoms with E-state index in [4.69, 9.17) is 0 Å². The average molecular weight is 334 g/mol. The summed E-state index contributed by atoms with van der Waals surface area (Å²) in [5.74, 6) is 0.977. The number of hydrogen-bond acceptors (Lipinski definition) is 5. The van der Waals surface area contributed by atoms with Crippen LogP contribution in [0.2, 0.25) is 0 Å². The van der Waals surface area contributed by atoms with Crippen LogP contribution in [0.1, 0.15) is 30.6 Å². The van der Waals surface area contributed by atoms with Gasteiger partial charge in [-0.25, -0.2) is 4.98 Å². The highest BCUT2D eigenvalue weighted by Gasteiger charge is 2.51. The van der Waals surface area contributed by atoms with Gasteiger partial charge in [0.25, 0.3) is 0 Å². The fourth-order valence-corrected chi connectivity index (χ4v) is 5.38. The number of amides is 1. The summed E-state index contributed by atoms with van der Waals surface area (Å²) < 4.78 is 0. The summed E-state index contributed by atoms with van der Waals surface area (Å²) in [6.07, 6.45) is 6.74. The van der Waals surface area contributed by atoms with Crippen LogP contribution in [0.3, 0.4) is 0 Å². The molecule has 0 spiro atoms. The van der Waals surface area contributed by atoms with Crippen LogP contribution in [-0.4, -0.2) is 55.1 Å². The number of anilines is 1. The first kappa shape index (κ1) is 15.4. The van der Waals surface area contributed by atoms with Gasteiger partial charge in [0.15, 0.2) is 5.13 Å². The Bertz CT molecular complexity index is 581. The Morgan fingerprint density at radius 3 is 2.91 bits per heavy atom. The van der Waals surface area contributed by atoms with Crippen LogP contribution in [0.5, 0.6) is 0 Å². The first-order valence-electron chi connectivity index (χ1n) is 8.86. The van der Waals surface area contributed by atoms with Gasteiger partial charge in [0, 0.05) is 43.8 Å². The number of hydrogen-bond donors (Lipinski definition) is 1. The largest absolute Gasteiger partial charge is 0.345 e. The number of carbonyl (C=O) groups is 1. The standard InChI is InChI=1S/C17H26N4OS/c1-13-10-19-16(23-13)21-8-6-20(7-9-21)15(22)17-5-3-2-4-14(17)11-18-12-17/h10,14,18H,2-9,11-12H2,1H3/t14-,17+/m0/s1. The summed E-state index contributed by atoms with van der Waals surface area (Å²) in [4.78, 5) is 23.4. The van der Waals surface area contributed by atoms with Gasteiger partial charge >= 0.3 is 0 Å². The molecule has 5 nitrogen and oxygen atoms in total. The maximum Gasteiger partial charge on any atom is 0.230 e. The van der Waals surface area contributed by atoms with Gasteiger partial charge in [-0.15, -0.1) is 11.3 Å². The smallest absolute Gasteiger partial charge is 0.230 e. The molecule has 3 aliphatic rings. The molecule has 1 N–H and O–H groups in total. The Labute approximate surface area is 142 Å². The van der Waals surface area contributed by atoms with E-state index in [9.17, 15) is 4.79 Å². The lowest BCUT2D eigenvalue weighted by molar-refractivity contribution is -0.145. The summed E-state index contributed by atoms with van der Waals surface area (Å²) >= 11 is 1.75. The first-order valence-corrected chi connectivity index (χ1v) is 9.68. The minimum absolute atomic E-state index is 0.0990. The number of nitrogens with zero attached hydrogens (tertiary/aromatic N) is 3. The van der Waals surface area contributed by atoms with E-state index in [1.165, 1.54) is 24.1 Å². The summed E-state index contributed by atoms with van der Waals surface area (Å²) in [6, 6.07) is 0. The highest BCUT2D eigenvalue weighted by Crippen LogP contribution is 2.45. The zero-order valence-electron chi connectivity index (χ0n) is 13.9. The molecule has 1 amide bonds. The van der Waals surface area contributed by atoms with Crippen molar-refractivity contribution in [3.05, 3.63) is 11.1 Å². The van der Waals surface area contributed by atoms with E-state index in [0.29, 0.717) is 11.8 Å². The van der Waals surface area contributed by atoms with Crippen LogP contribution in [0.25, 0.3) is 0 Å². The van der Waals surface area contributed by atoms with E-state index >= 15 is 0 Å². The molecule has 3 fully saturated rings. The Kier molecular flexibility index (Phi) is 4.05. The molecule has 0 bridgehead atoms. The van der Waals surface area contributed by atoms with Gasteiger partial charge in [-0.05, 0) is 32.2 Å². The fourth-order valence-electron chi connectivity index (χ4n) is 4.57. The van der Waals surface area contributed by atoms with Crippen molar-refractivity contribution in [3.63, 3.8) is 0 Å². The van der Waals surface area contributed by atoms with Gasteiger partial charge in [-0.1, -0.05) is 12.8 Å². The molecule has 2 saturated heterocycles. The molecule has 4 rings (SSSR count). The number of rotatable bonds is 2. The molecular weight excluding hydrogens is 308 g/mol. The van der Waals surface area contributed by atoms with Crippen molar-refractivity contribution in [2.24, 2.45) is 11.3 Å². The highest BCUT2D eigenvalue weighted by molar-refractivity contribution is 7.15. The fraction of sp³-hybridized carbons (Fsp3) is 0.765. The van der Waals surface area contributed by atoms with Gasteiger partial charge in [-0.2, -0.15) is 0 Å². The van der Waals surface area contributed by atoms with E-state index in [1.807, 2.05) is 6.20 Å². The molecule has 1 aromatic heterocycles. The number of thiazole rings is 1.